The first kappa shape index (κ1) is 14.8. The molecule has 1 aromatic rings. The first-order valence-corrected chi connectivity index (χ1v) is 9.88. The van der Waals surface area contributed by atoms with Gasteiger partial charge in [0.2, 0.25) is 0 Å². The molecule has 1 saturated heterocycles. The molecule has 20 heavy (non-hydrogen) atoms. The van der Waals surface area contributed by atoms with E-state index in [1.807, 2.05) is 0 Å². The molecule has 0 radical (unpaired) electrons. The number of benzene rings is 1. The minimum atomic E-state index is 0.362. The second-order valence-corrected chi connectivity index (χ2v) is 9.15. The Morgan fingerprint density at radius 3 is 2.90 bits per heavy atom. The van der Waals surface area contributed by atoms with Crippen LogP contribution in [0, 0.1) is 5.41 Å². The van der Waals surface area contributed by atoms with Gasteiger partial charge in [0.25, 0.3) is 0 Å². The summed E-state index contributed by atoms with van der Waals surface area (Å²) in [6.07, 6.45) is 2.52. The molecule has 0 bridgehead atoms. The van der Waals surface area contributed by atoms with Gasteiger partial charge in [0.1, 0.15) is 0 Å². The lowest BCUT2D eigenvalue weighted by Crippen LogP contribution is -2.41. The van der Waals surface area contributed by atoms with Crippen molar-refractivity contribution >= 4 is 23.5 Å². The maximum absolute atomic E-state index is 3.90. The van der Waals surface area contributed by atoms with Crippen molar-refractivity contribution in [1.82, 2.24) is 5.32 Å². The average Bonchev–Trinajstić information content (AvgIpc) is 2.47. The topological polar surface area (TPSA) is 12.0 Å². The number of fused-ring (bicyclic) bond motifs is 1. The Hall–Kier alpha value is -0.120. The molecule has 2 atom stereocenters. The smallest absolute Gasteiger partial charge is 0.0375 e. The van der Waals surface area contributed by atoms with Crippen molar-refractivity contribution < 1.29 is 0 Å². The van der Waals surface area contributed by atoms with Crippen molar-refractivity contribution in [2.45, 2.75) is 38.0 Å². The Morgan fingerprint density at radius 1 is 1.25 bits per heavy atom. The number of aryl methyl sites for hydroxylation is 1. The van der Waals surface area contributed by atoms with E-state index in [4.69, 9.17) is 0 Å². The molecule has 1 heterocycles. The summed E-state index contributed by atoms with van der Waals surface area (Å²) in [5.41, 5.74) is 3.45. The van der Waals surface area contributed by atoms with Gasteiger partial charge < -0.3 is 5.32 Å². The molecule has 2 aliphatic rings. The zero-order valence-electron chi connectivity index (χ0n) is 12.5. The molecule has 1 N–H and O–H groups in total. The predicted molar refractivity (Wildman–Crippen MR) is 92.9 cm³/mol. The van der Waals surface area contributed by atoms with E-state index < -0.39 is 0 Å². The Morgan fingerprint density at radius 2 is 2.10 bits per heavy atom. The van der Waals surface area contributed by atoms with Crippen LogP contribution in [0.5, 0.6) is 0 Å². The van der Waals surface area contributed by atoms with E-state index in [1.54, 1.807) is 5.56 Å². The van der Waals surface area contributed by atoms with Crippen LogP contribution in [-0.2, 0) is 6.42 Å². The SMILES string of the molecule is CC1(C)CCc2ccccc2C1NCC1CSCCS1. The van der Waals surface area contributed by atoms with Gasteiger partial charge in [0.15, 0.2) is 0 Å². The zero-order chi connectivity index (χ0) is 14.0. The molecule has 0 amide bonds. The van der Waals surface area contributed by atoms with Gasteiger partial charge >= 0.3 is 0 Å². The molecule has 1 aliphatic carbocycles. The number of hydrogen-bond acceptors (Lipinski definition) is 3. The lowest BCUT2D eigenvalue weighted by atomic mass is 9.70. The minimum absolute atomic E-state index is 0.362. The summed E-state index contributed by atoms with van der Waals surface area (Å²) in [6, 6.07) is 9.53. The van der Waals surface area contributed by atoms with Gasteiger partial charge in [-0.3, -0.25) is 0 Å². The number of nitrogens with one attached hydrogen (secondary N) is 1. The third-order valence-corrected chi connectivity index (χ3v) is 7.47. The summed E-state index contributed by atoms with van der Waals surface area (Å²) in [6.45, 7) is 5.99. The fourth-order valence-electron chi connectivity index (χ4n) is 3.36. The maximum atomic E-state index is 3.90. The van der Waals surface area contributed by atoms with E-state index in [-0.39, 0.29) is 0 Å². The summed E-state index contributed by atoms with van der Waals surface area (Å²) >= 11 is 4.26. The summed E-state index contributed by atoms with van der Waals surface area (Å²) in [5, 5.41) is 4.69. The predicted octanol–water partition coefficient (Wildman–Crippen LogP) is 4.14. The van der Waals surface area contributed by atoms with Gasteiger partial charge in [0.05, 0.1) is 0 Å². The van der Waals surface area contributed by atoms with E-state index >= 15 is 0 Å². The van der Waals surface area contributed by atoms with Crippen molar-refractivity contribution in [1.29, 1.82) is 0 Å². The second kappa shape index (κ2) is 6.33. The molecule has 3 rings (SSSR count). The Kier molecular flexibility index (Phi) is 4.68. The van der Waals surface area contributed by atoms with Crippen LogP contribution in [0.25, 0.3) is 0 Å². The van der Waals surface area contributed by atoms with Crippen molar-refractivity contribution in [3.05, 3.63) is 35.4 Å². The van der Waals surface area contributed by atoms with Gasteiger partial charge in [-0.25, -0.2) is 0 Å². The van der Waals surface area contributed by atoms with E-state index in [0.29, 0.717) is 11.5 Å². The van der Waals surface area contributed by atoms with Crippen LogP contribution < -0.4 is 5.32 Å². The maximum Gasteiger partial charge on any atom is 0.0375 e. The molecule has 1 aliphatic heterocycles. The van der Waals surface area contributed by atoms with Gasteiger partial charge in [-0.2, -0.15) is 23.5 Å². The van der Waals surface area contributed by atoms with Crippen LogP contribution in [-0.4, -0.2) is 29.1 Å². The standard InChI is InChI=1S/C17H25NS2/c1-17(2)8-7-13-5-3-4-6-15(13)16(17)18-11-14-12-19-9-10-20-14/h3-6,14,16,18H,7-12H2,1-2H3. The zero-order valence-corrected chi connectivity index (χ0v) is 14.2. The highest BCUT2D eigenvalue weighted by Crippen LogP contribution is 2.43. The highest BCUT2D eigenvalue weighted by molar-refractivity contribution is 8.06. The highest BCUT2D eigenvalue weighted by atomic mass is 32.2. The molecule has 2 unspecified atom stereocenters. The fourth-order valence-corrected chi connectivity index (χ4v) is 5.98. The van der Waals surface area contributed by atoms with E-state index in [1.165, 1.54) is 35.7 Å². The van der Waals surface area contributed by atoms with E-state index in [9.17, 15) is 0 Å². The van der Waals surface area contributed by atoms with Crippen LogP contribution in [0.15, 0.2) is 24.3 Å². The van der Waals surface area contributed by atoms with Crippen LogP contribution in [0.1, 0.15) is 37.4 Å². The Labute approximate surface area is 131 Å². The number of rotatable bonds is 3. The largest absolute Gasteiger partial charge is 0.308 e. The lowest BCUT2D eigenvalue weighted by Gasteiger charge is -2.41. The third-order valence-electron chi connectivity index (χ3n) is 4.62. The quantitative estimate of drug-likeness (QED) is 0.901. The Bertz CT molecular complexity index is 452. The molecule has 110 valence electrons. The van der Waals surface area contributed by atoms with Crippen LogP contribution in [0.3, 0.4) is 0 Å². The minimum Gasteiger partial charge on any atom is -0.308 e. The molecule has 0 aromatic heterocycles. The number of hydrogen-bond donors (Lipinski definition) is 1. The molecular weight excluding hydrogens is 282 g/mol. The van der Waals surface area contributed by atoms with Crippen molar-refractivity contribution in [2.24, 2.45) is 5.41 Å². The summed E-state index contributed by atoms with van der Waals surface area (Å²) < 4.78 is 0. The second-order valence-electron chi connectivity index (χ2n) is 6.60. The number of thioether (sulfide) groups is 2. The van der Waals surface area contributed by atoms with Crippen molar-refractivity contribution in [3.63, 3.8) is 0 Å². The van der Waals surface area contributed by atoms with Gasteiger partial charge in [0, 0.05) is 35.1 Å². The fraction of sp³-hybridized carbons (Fsp3) is 0.647. The van der Waals surface area contributed by atoms with Gasteiger partial charge in [-0.15, -0.1) is 0 Å². The monoisotopic (exact) mass is 307 g/mol. The normalized spacial score (nSPS) is 28.9. The van der Waals surface area contributed by atoms with Gasteiger partial charge in [-0.05, 0) is 29.4 Å². The van der Waals surface area contributed by atoms with E-state index in [2.05, 4.69) is 67.0 Å². The molecule has 1 fully saturated rings. The van der Waals surface area contributed by atoms with E-state index in [0.717, 1.165) is 11.8 Å². The first-order chi connectivity index (χ1) is 9.67. The van der Waals surface area contributed by atoms with Crippen molar-refractivity contribution in [2.75, 3.05) is 23.8 Å². The third kappa shape index (κ3) is 3.20. The van der Waals surface area contributed by atoms with Gasteiger partial charge in [-0.1, -0.05) is 38.1 Å². The summed E-state index contributed by atoms with van der Waals surface area (Å²) in [5.74, 6) is 3.97. The molecule has 0 saturated carbocycles. The van der Waals surface area contributed by atoms with Crippen LogP contribution >= 0.6 is 23.5 Å². The highest BCUT2D eigenvalue weighted by Gasteiger charge is 2.35. The summed E-state index contributed by atoms with van der Waals surface area (Å²) in [4.78, 5) is 0. The molecule has 3 heteroatoms. The molecular formula is C17H25NS2. The lowest BCUT2D eigenvalue weighted by molar-refractivity contribution is 0.210. The molecule has 1 aromatic carbocycles. The van der Waals surface area contributed by atoms with Crippen molar-refractivity contribution in [3.8, 4) is 0 Å². The first-order valence-electron chi connectivity index (χ1n) is 7.67. The average molecular weight is 308 g/mol. The molecule has 1 nitrogen and oxygen atoms in total. The summed E-state index contributed by atoms with van der Waals surface area (Å²) in [7, 11) is 0. The van der Waals surface area contributed by atoms with Crippen LogP contribution in [0.4, 0.5) is 0 Å². The molecule has 0 spiro atoms. The Balaban J connectivity index is 1.72. The van der Waals surface area contributed by atoms with Crippen LogP contribution in [0.2, 0.25) is 0 Å².